The molecule has 0 saturated heterocycles. The lowest BCUT2D eigenvalue weighted by Gasteiger charge is -2.11. The van der Waals surface area contributed by atoms with Gasteiger partial charge in [-0.25, -0.2) is 0 Å². The van der Waals surface area contributed by atoms with Gasteiger partial charge < -0.3 is 0 Å². The van der Waals surface area contributed by atoms with Crippen LogP contribution in [0.15, 0.2) is 182 Å². The third kappa shape index (κ3) is 13.6. The quantitative estimate of drug-likeness (QED) is 0.134. The third-order valence-corrected chi connectivity index (χ3v) is 8.88. The lowest BCUT2D eigenvalue weighted by molar-refractivity contribution is 1.44. The van der Waals surface area contributed by atoms with Gasteiger partial charge in [0, 0.05) is 33.4 Å². The van der Waals surface area contributed by atoms with Gasteiger partial charge in [0.2, 0.25) is 0 Å². The van der Waals surface area contributed by atoms with E-state index in [-0.39, 0.29) is 0 Å². The maximum atomic E-state index is 3.29. The largest absolute Gasteiger partial charge is 0.0622 e. The molecule has 0 nitrogen and oxygen atoms in total. The smallest absolute Gasteiger partial charge is 0.0595 e. The van der Waals surface area contributed by atoms with Crippen LogP contribution in [0.1, 0.15) is 66.8 Å². The molecule has 0 aliphatic heterocycles. The molecule has 0 fully saturated rings. The second-order valence-electron chi connectivity index (χ2n) is 13.4. The summed E-state index contributed by atoms with van der Waals surface area (Å²) in [6, 6.07) is 57.7. The molecule has 0 amide bonds. The lowest BCUT2D eigenvalue weighted by atomic mass is 9.86. The van der Waals surface area contributed by atoms with Crippen LogP contribution >= 0.6 is 0 Å². The first-order chi connectivity index (χ1) is 32.8. The van der Waals surface area contributed by atoms with Crippen LogP contribution in [0.2, 0.25) is 0 Å². The zero-order valence-corrected chi connectivity index (χ0v) is 35.3. The van der Waals surface area contributed by atoms with E-state index in [1.165, 1.54) is 0 Å². The number of hydrogen-bond donors (Lipinski definition) is 0. The Morgan fingerprint density at radius 3 is 0.394 bits per heavy atom. The highest BCUT2D eigenvalue weighted by Crippen LogP contribution is 2.27. The van der Waals surface area contributed by atoms with Crippen molar-refractivity contribution in [3.8, 4) is 142 Å². The van der Waals surface area contributed by atoms with Crippen LogP contribution in [0.25, 0.3) is 0 Å². The average molecular weight is 823 g/mol. The van der Waals surface area contributed by atoms with E-state index in [1.54, 1.807) is 0 Å². The van der Waals surface area contributed by atoms with Crippen LogP contribution in [-0.4, -0.2) is 0 Å². The van der Waals surface area contributed by atoms with E-state index < -0.39 is 0 Å². The van der Waals surface area contributed by atoms with Crippen molar-refractivity contribution in [3.05, 3.63) is 249 Å². The summed E-state index contributed by atoms with van der Waals surface area (Å²) in [5.41, 5.74) is 7.39. The fourth-order valence-electron chi connectivity index (χ4n) is 5.81. The first-order valence-corrected chi connectivity index (χ1v) is 20.5. The molecule has 0 heteroatoms. The van der Waals surface area contributed by atoms with Gasteiger partial charge in [-0.1, -0.05) is 180 Å². The molecule has 0 aliphatic rings. The second kappa shape index (κ2) is 24.5. The minimum Gasteiger partial charge on any atom is -0.0622 e. The van der Waals surface area contributed by atoms with Gasteiger partial charge in [0.25, 0.3) is 0 Å². The highest BCUT2D eigenvalue weighted by Gasteiger charge is 2.20. The Morgan fingerprint density at radius 2 is 0.258 bits per heavy atom. The van der Waals surface area contributed by atoms with E-state index in [2.05, 4.69) is 142 Å². The molecular weight excluding hydrogens is 793 g/mol. The number of hydrogen-bond acceptors (Lipinski definition) is 0. The van der Waals surface area contributed by atoms with Gasteiger partial charge in [0.1, 0.15) is 0 Å². The molecule has 66 heavy (non-hydrogen) atoms. The number of benzene rings is 7. The van der Waals surface area contributed by atoms with Crippen molar-refractivity contribution >= 4 is 0 Å². The molecule has 0 bridgehead atoms. The average Bonchev–Trinajstić information content (AvgIpc) is 3.37. The van der Waals surface area contributed by atoms with Crippen LogP contribution in [0.3, 0.4) is 0 Å². The zero-order valence-electron chi connectivity index (χ0n) is 35.3. The Morgan fingerprint density at radius 1 is 0.136 bits per heavy atom. The van der Waals surface area contributed by atoms with Gasteiger partial charge >= 0.3 is 0 Å². The Kier molecular flexibility index (Phi) is 16.1. The van der Waals surface area contributed by atoms with E-state index in [1.807, 2.05) is 182 Å². The molecule has 0 atom stereocenters. The molecule has 7 rings (SSSR count). The molecule has 0 spiro atoms. The maximum absolute atomic E-state index is 3.29. The predicted octanol–water partition coefficient (Wildman–Crippen LogP) is 10.1. The van der Waals surface area contributed by atoms with Gasteiger partial charge in [0.05, 0.1) is 33.4 Å². The zero-order chi connectivity index (χ0) is 45.1. The predicted molar refractivity (Wildman–Crippen MR) is 268 cm³/mol. The summed E-state index contributed by atoms with van der Waals surface area (Å²) < 4.78 is 0. The Hall–Kier alpha value is -10.7. The summed E-state index contributed by atoms with van der Waals surface area (Å²) in [6.07, 6.45) is 0. The molecular formula is C66H30. The van der Waals surface area contributed by atoms with Gasteiger partial charge in [-0.2, -0.15) is 0 Å². The van der Waals surface area contributed by atoms with Crippen molar-refractivity contribution in [2.24, 2.45) is 0 Å². The van der Waals surface area contributed by atoms with Gasteiger partial charge in [-0.15, -0.1) is 0 Å². The van der Waals surface area contributed by atoms with Crippen LogP contribution in [-0.2, 0) is 0 Å². The summed E-state index contributed by atoms with van der Waals surface area (Å²) in [6.45, 7) is 0. The van der Waals surface area contributed by atoms with E-state index in [0.29, 0.717) is 33.4 Å². The highest BCUT2D eigenvalue weighted by molar-refractivity contribution is 5.78. The van der Waals surface area contributed by atoms with Gasteiger partial charge in [-0.3, -0.25) is 0 Å². The summed E-state index contributed by atoms with van der Waals surface area (Å²) in [5, 5.41) is 0. The lowest BCUT2D eigenvalue weighted by Crippen LogP contribution is -2.04. The van der Waals surface area contributed by atoms with Crippen molar-refractivity contribution in [2.75, 3.05) is 0 Å². The van der Waals surface area contributed by atoms with Crippen molar-refractivity contribution in [2.45, 2.75) is 0 Å². The Bertz CT molecular complexity index is 3020. The van der Waals surface area contributed by atoms with Crippen LogP contribution in [0, 0.1) is 142 Å². The van der Waals surface area contributed by atoms with E-state index in [9.17, 15) is 0 Å². The monoisotopic (exact) mass is 822 g/mol. The molecule has 0 saturated carbocycles. The van der Waals surface area contributed by atoms with Crippen LogP contribution < -0.4 is 0 Å². The van der Waals surface area contributed by atoms with Crippen molar-refractivity contribution in [3.63, 3.8) is 0 Å². The third-order valence-electron chi connectivity index (χ3n) is 8.88. The Balaban J connectivity index is 1.57. The molecule has 0 aliphatic carbocycles. The minimum absolute atomic E-state index is 0.418. The molecule has 7 aromatic rings. The SMILES string of the molecule is C(C#Cc1c(C#CC#Cc2ccccc2)c(C#CC#Cc2ccccc2)c(C#CC#Cc2ccccc2)c(C#CC#Cc2ccccc2)c1C#CC#Cc1ccccc1)#Cc1ccccc1. The summed E-state index contributed by atoms with van der Waals surface area (Å²) in [4.78, 5) is 0. The highest BCUT2D eigenvalue weighted by atomic mass is 14.2. The van der Waals surface area contributed by atoms with Crippen molar-refractivity contribution in [1.82, 2.24) is 0 Å². The summed E-state index contributed by atoms with van der Waals surface area (Å²) in [7, 11) is 0. The molecule has 0 heterocycles. The summed E-state index contributed by atoms with van der Waals surface area (Å²) in [5.74, 6) is 74.9. The standard InChI is InChI=1S/C66H30/c1-7-31-55(32-8-1)43-19-25-49-61-62(50-26-20-44-56-33-9-2-10-34-56)64(52-28-22-46-58-37-13-4-14-38-58)66(54-30-24-48-60-41-17-6-18-42-60)65(53-29-23-47-59-39-15-5-16-40-59)63(61)51-27-21-45-57-35-11-3-12-36-57/h1-18,31-42H. The molecule has 7 aromatic carbocycles. The topological polar surface area (TPSA) is 0 Å². The van der Waals surface area contributed by atoms with Crippen molar-refractivity contribution < 1.29 is 0 Å². The normalized spacial score (nSPS) is 8.36. The fourth-order valence-corrected chi connectivity index (χ4v) is 5.81. The minimum atomic E-state index is 0.418. The first kappa shape index (κ1) is 43.4. The molecule has 0 aromatic heterocycles. The van der Waals surface area contributed by atoms with Crippen LogP contribution in [0.5, 0.6) is 0 Å². The van der Waals surface area contributed by atoms with Gasteiger partial charge in [-0.05, 0) is 144 Å². The number of rotatable bonds is 0. The van der Waals surface area contributed by atoms with Crippen LogP contribution in [0.4, 0.5) is 0 Å². The Labute approximate surface area is 389 Å². The van der Waals surface area contributed by atoms with E-state index >= 15 is 0 Å². The molecule has 0 unspecified atom stereocenters. The van der Waals surface area contributed by atoms with E-state index in [4.69, 9.17) is 0 Å². The van der Waals surface area contributed by atoms with Crippen molar-refractivity contribution in [1.29, 1.82) is 0 Å². The maximum Gasteiger partial charge on any atom is 0.0595 e. The summed E-state index contributed by atoms with van der Waals surface area (Å²) >= 11 is 0. The molecule has 0 N–H and O–H groups in total. The van der Waals surface area contributed by atoms with Gasteiger partial charge in [0.15, 0.2) is 0 Å². The second-order valence-corrected chi connectivity index (χ2v) is 13.4. The first-order valence-electron chi connectivity index (χ1n) is 20.5. The van der Waals surface area contributed by atoms with E-state index in [0.717, 1.165) is 33.4 Å². The fraction of sp³-hybridized carbons (Fsp3) is 0. The molecule has 294 valence electrons. The molecule has 0 radical (unpaired) electrons.